The van der Waals surface area contributed by atoms with Crippen molar-refractivity contribution in [3.63, 3.8) is 0 Å². The Morgan fingerprint density at radius 1 is 0.933 bits per heavy atom. The van der Waals surface area contributed by atoms with Gasteiger partial charge >= 0.3 is 0 Å². The maximum Gasteiger partial charge on any atom is 0.243 e. The van der Waals surface area contributed by atoms with Gasteiger partial charge in [-0.2, -0.15) is 4.31 Å². The quantitative estimate of drug-likeness (QED) is 0.589. The number of hydrogen-bond acceptors (Lipinski definition) is 5. The molecular weight excluding hydrogens is 400 g/mol. The highest BCUT2D eigenvalue weighted by atomic mass is 32.2. The molecule has 0 bridgehead atoms. The molecule has 0 unspecified atom stereocenters. The monoisotopic (exact) mass is 432 g/mol. The third-order valence-electron chi connectivity index (χ3n) is 5.48. The van der Waals surface area contributed by atoms with E-state index in [1.165, 1.54) is 0 Å². The number of nitrogens with zero attached hydrogens (tertiary/aromatic N) is 2. The maximum atomic E-state index is 13.1. The van der Waals surface area contributed by atoms with Crippen molar-refractivity contribution in [1.29, 1.82) is 0 Å². The fourth-order valence-electron chi connectivity index (χ4n) is 3.77. The lowest BCUT2D eigenvalue weighted by molar-refractivity contribution is 0.170. The molecule has 0 radical (unpaired) electrons. The highest BCUT2D eigenvalue weighted by Crippen LogP contribution is 2.27. The van der Waals surface area contributed by atoms with Crippen LogP contribution in [0.2, 0.25) is 0 Å². The van der Waals surface area contributed by atoms with Crippen LogP contribution in [0.5, 0.6) is 17.2 Å². The predicted octanol–water partition coefficient (Wildman–Crippen LogP) is 4.37. The molecule has 0 aliphatic carbocycles. The molecule has 0 N–H and O–H groups in total. The average Bonchev–Trinajstić information content (AvgIpc) is 2.76. The van der Waals surface area contributed by atoms with Crippen molar-refractivity contribution in [3.8, 4) is 17.2 Å². The van der Waals surface area contributed by atoms with Gasteiger partial charge in [-0.25, -0.2) is 8.42 Å². The molecule has 3 rings (SSSR count). The summed E-state index contributed by atoms with van der Waals surface area (Å²) in [6.45, 7) is 7.71. The maximum absolute atomic E-state index is 13.1. The Hall–Kier alpha value is -2.09. The van der Waals surface area contributed by atoms with Gasteiger partial charge in [0.25, 0.3) is 0 Å². The molecular formula is C23H32N2O4S. The van der Waals surface area contributed by atoms with E-state index in [4.69, 9.17) is 9.47 Å². The van der Waals surface area contributed by atoms with Gasteiger partial charge in [-0.05, 0) is 94.4 Å². The Labute approximate surface area is 180 Å². The summed E-state index contributed by atoms with van der Waals surface area (Å²) in [5.74, 6) is 2.05. The van der Waals surface area contributed by atoms with Crippen LogP contribution >= 0.6 is 0 Å². The first-order valence-corrected chi connectivity index (χ1v) is 12.1. The van der Waals surface area contributed by atoms with E-state index < -0.39 is 10.0 Å². The molecule has 7 heteroatoms. The number of piperidine rings is 1. The number of hydrogen-bond donors (Lipinski definition) is 0. The summed E-state index contributed by atoms with van der Waals surface area (Å²) in [6.07, 6.45) is 2.87. The summed E-state index contributed by atoms with van der Waals surface area (Å²) in [5, 5.41) is 0. The van der Waals surface area contributed by atoms with Gasteiger partial charge in [-0.3, -0.25) is 0 Å². The van der Waals surface area contributed by atoms with Gasteiger partial charge in [0.15, 0.2) is 0 Å². The SMILES string of the molecule is CCCN1CCC(N(C)S(=O)(=O)c2ccc(Oc3ccc(OCC)cc3)cc2)CC1. The lowest BCUT2D eigenvalue weighted by Gasteiger charge is -2.36. The standard InChI is InChI=1S/C23H32N2O4S/c1-4-16-25-17-14-19(15-18-25)24(3)30(26,27)23-12-10-22(11-13-23)29-21-8-6-20(7-9-21)28-5-2/h6-13,19H,4-5,14-18H2,1-3H3. The summed E-state index contributed by atoms with van der Waals surface area (Å²) in [7, 11) is -1.83. The highest BCUT2D eigenvalue weighted by molar-refractivity contribution is 7.89. The van der Waals surface area contributed by atoms with Crippen LogP contribution in [0.3, 0.4) is 0 Å². The minimum atomic E-state index is -3.53. The van der Waals surface area contributed by atoms with Crippen molar-refractivity contribution in [3.05, 3.63) is 48.5 Å². The Morgan fingerprint density at radius 3 is 2.00 bits per heavy atom. The predicted molar refractivity (Wildman–Crippen MR) is 119 cm³/mol. The molecule has 1 saturated heterocycles. The molecule has 164 valence electrons. The van der Waals surface area contributed by atoms with Gasteiger partial charge in [-0.1, -0.05) is 6.92 Å². The first-order chi connectivity index (χ1) is 14.4. The van der Waals surface area contributed by atoms with Crippen molar-refractivity contribution >= 4 is 10.0 Å². The van der Waals surface area contributed by atoms with E-state index in [0.717, 1.165) is 44.6 Å². The zero-order valence-corrected chi connectivity index (χ0v) is 18.9. The van der Waals surface area contributed by atoms with Gasteiger partial charge in [0, 0.05) is 13.1 Å². The van der Waals surface area contributed by atoms with Crippen LogP contribution in [0.25, 0.3) is 0 Å². The second-order valence-electron chi connectivity index (χ2n) is 7.57. The number of ether oxygens (including phenoxy) is 2. The molecule has 0 aromatic heterocycles. The van der Waals surface area contributed by atoms with Crippen LogP contribution in [0.15, 0.2) is 53.4 Å². The first kappa shape index (κ1) is 22.6. The fourth-order valence-corrected chi connectivity index (χ4v) is 5.19. The minimum absolute atomic E-state index is 0.0443. The van der Waals surface area contributed by atoms with Crippen LogP contribution in [-0.2, 0) is 10.0 Å². The van der Waals surface area contributed by atoms with E-state index in [9.17, 15) is 8.42 Å². The Morgan fingerprint density at radius 2 is 1.47 bits per heavy atom. The van der Waals surface area contributed by atoms with Gasteiger partial charge in [0.05, 0.1) is 11.5 Å². The third kappa shape index (κ3) is 5.53. The Kier molecular flexibility index (Phi) is 7.75. The average molecular weight is 433 g/mol. The summed E-state index contributed by atoms with van der Waals surface area (Å²) in [6, 6.07) is 14.0. The van der Waals surface area contributed by atoms with E-state index in [1.807, 2.05) is 31.2 Å². The summed E-state index contributed by atoms with van der Waals surface area (Å²) in [4.78, 5) is 2.70. The van der Waals surface area contributed by atoms with E-state index in [0.29, 0.717) is 23.0 Å². The molecule has 1 heterocycles. The summed E-state index contributed by atoms with van der Waals surface area (Å²) >= 11 is 0. The largest absolute Gasteiger partial charge is 0.494 e. The van der Waals surface area contributed by atoms with Gasteiger partial charge in [0.1, 0.15) is 17.2 Å². The molecule has 0 spiro atoms. The zero-order valence-electron chi connectivity index (χ0n) is 18.1. The topological polar surface area (TPSA) is 59.1 Å². The molecule has 0 amide bonds. The summed E-state index contributed by atoms with van der Waals surface area (Å²) in [5.41, 5.74) is 0. The normalized spacial score (nSPS) is 16.0. The zero-order chi connectivity index (χ0) is 21.6. The van der Waals surface area contributed by atoms with Gasteiger partial charge in [0.2, 0.25) is 10.0 Å². The number of likely N-dealkylation sites (tertiary alicyclic amines) is 1. The van der Waals surface area contributed by atoms with Crippen molar-refractivity contribution in [2.75, 3.05) is 33.3 Å². The molecule has 0 saturated carbocycles. The lowest BCUT2D eigenvalue weighted by Crippen LogP contribution is -2.45. The fraction of sp³-hybridized carbons (Fsp3) is 0.478. The van der Waals surface area contributed by atoms with Gasteiger partial charge in [-0.15, -0.1) is 0 Å². The van der Waals surface area contributed by atoms with Crippen molar-refractivity contribution in [2.45, 2.75) is 44.0 Å². The molecule has 1 aliphatic rings. The number of sulfonamides is 1. The van der Waals surface area contributed by atoms with Crippen molar-refractivity contribution in [1.82, 2.24) is 9.21 Å². The lowest BCUT2D eigenvalue weighted by atomic mass is 10.1. The number of rotatable bonds is 9. The molecule has 2 aromatic rings. The Bertz CT molecular complexity index is 890. The van der Waals surface area contributed by atoms with Crippen molar-refractivity contribution < 1.29 is 17.9 Å². The van der Waals surface area contributed by atoms with E-state index in [1.54, 1.807) is 35.6 Å². The van der Waals surface area contributed by atoms with Crippen LogP contribution in [0, 0.1) is 0 Å². The Balaban J connectivity index is 1.62. The third-order valence-corrected chi connectivity index (χ3v) is 7.41. The molecule has 1 fully saturated rings. The first-order valence-electron chi connectivity index (χ1n) is 10.6. The number of benzene rings is 2. The van der Waals surface area contributed by atoms with E-state index in [-0.39, 0.29) is 6.04 Å². The summed E-state index contributed by atoms with van der Waals surface area (Å²) < 4.78 is 38.9. The second kappa shape index (κ2) is 10.3. The molecule has 0 atom stereocenters. The van der Waals surface area contributed by atoms with Crippen LogP contribution in [0.4, 0.5) is 0 Å². The molecule has 1 aliphatic heterocycles. The van der Waals surface area contributed by atoms with Crippen molar-refractivity contribution in [2.24, 2.45) is 0 Å². The molecule has 2 aromatic carbocycles. The van der Waals surface area contributed by atoms with Crippen LogP contribution in [-0.4, -0.2) is 57.0 Å². The molecule has 6 nitrogen and oxygen atoms in total. The highest BCUT2D eigenvalue weighted by Gasteiger charge is 2.30. The van der Waals surface area contributed by atoms with Crippen LogP contribution < -0.4 is 9.47 Å². The minimum Gasteiger partial charge on any atom is -0.494 e. The van der Waals surface area contributed by atoms with Crippen LogP contribution in [0.1, 0.15) is 33.1 Å². The van der Waals surface area contributed by atoms with Gasteiger partial charge < -0.3 is 14.4 Å². The second-order valence-corrected chi connectivity index (χ2v) is 9.57. The van der Waals surface area contributed by atoms with E-state index in [2.05, 4.69) is 11.8 Å². The smallest absolute Gasteiger partial charge is 0.243 e. The van der Waals surface area contributed by atoms with E-state index >= 15 is 0 Å². The molecule has 30 heavy (non-hydrogen) atoms.